The van der Waals surface area contributed by atoms with Crippen molar-refractivity contribution in [3.63, 3.8) is 0 Å². The van der Waals surface area contributed by atoms with Gasteiger partial charge < -0.3 is 9.42 Å². The van der Waals surface area contributed by atoms with Gasteiger partial charge in [-0.3, -0.25) is 19.8 Å². The molecule has 7 heteroatoms. The minimum Gasteiger partial charge on any atom is -0.340 e. The van der Waals surface area contributed by atoms with Gasteiger partial charge in [-0.2, -0.15) is 0 Å². The molecule has 7 nitrogen and oxygen atoms in total. The quantitative estimate of drug-likeness (QED) is 0.902. The normalized spacial score (nSPS) is 19.4. The van der Waals surface area contributed by atoms with Gasteiger partial charge in [-0.25, -0.2) is 0 Å². The summed E-state index contributed by atoms with van der Waals surface area (Å²) in [5.74, 6) is 0.819. The number of aromatic nitrogens is 1. The van der Waals surface area contributed by atoms with Gasteiger partial charge in [0.25, 0.3) is 0 Å². The topological polar surface area (TPSA) is 78.7 Å². The van der Waals surface area contributed by atoms with Crippen LogP contribution in [0.15, 0.2) is 10.6 Å². The second-order valence-corrected chi connectivity index (χ2v) is 7.75. The first-order valence-electron chi connectivity index (χ1n) is 8.61. The molecule has 1 aliphatic carbocycles. The van der Waals surface area contributed by atoms with E-state index in [2.05, 4.69) is 15.4 Å². The first-order chi connectivity index (χ1) is 11.3. The van der Waals surface area contributed by atoms with Crippen molar-refractivity contribution in [2.45, 2.75) is 39.0 Å². The van der Waals surface area contributed by atoms with Gasteiger partial charge in [-0.05, 0) is 12.8 Å². The molecule has 1 aromatic rings. The summed E-state index contributed by atoms with van der Waals surface area (Å²) in [6.07, 6.45) is 2.07. The third-order valence-electron chi connectivity index (χ3n) is 4.52. The Balaban J connectivity index is 1.44. The maximum atomic E-state index is 12.2. The van der Waals surface area contributed by atoms with E-state index in [1.54, 1.807) is 6.07 Å². The minimum atomic E-state index is -0.117. The summed E-state index contributed by atoms with van der Waals surface area (Å²) in [7, 11) is 0. The molecule has 1 aromatic heterocycles. The number of carbonyl (C=O) groups is 2. The molecule has 2 amide bonds. The molecule has 0 radical (unpaired) electrons. The van der Waals surface area contributed by atoms with Crippen LogP contribution in [0, 0.1) is 5.92 Å². The summed E-state index contributed by atoms with van der Waals surface area (Å²) in [5, 5.41) is 6.75. The molecule has 3 rings (SSSR count). The molecular formula is C17H26N4O3. The fraction of sp³-hybridized carbons (Fsp3) is 0.706. The number of rotatable bonds is 4. The van der Waals surface area contributed by atoms with Crippen molar-refractivity contribution in [3.05, 3.63) is 11.8 Å². The Bertz CT molecular complexity index is 608. The molecule has 2 heterocycles. The Morgan fingerprint density at radius 2 is 1.92 bits per heavy atom. The highest BCUT2D eigenvalue weighted by Crippen LogP contribution is 2.31. The Morgan fingerprint density at radius 3 is 2.46 bits per heavy atom. The van der Waals surface area contributed by atoms with Crippen molar-refractivity contribution in [3.8, 4) is 0 Å². The lowest BCUT2D eigenvalue weighted by atomic mass is 9.92. The van der Waals surface area contributed by atoms with E-state index in [0.717, 1.165) is 31.6 Å². The molecule has 0 aromatic carbocycles. The Labute approximate surface area is 142 Å². The number of hydrogen-bond donors (Lipinski definition) is 1. The lowest BCUT2D eigenvalue weighted by Crippen LogP contribution is -2.50. The summed E-state index contributed by atoms with van der Waals surface area (Å²) in [5.41, 5.74) is 0.696. The summed E-state index contributed by atoms with van der Waals surface area (Å²) >= 11 is 0. The van der Waals surface area contributed by atoms with Crippen molar-refractivity contribution in [1.29, 1.82) is 0 Å². The second kappa shape index (κ2) is 6.55. The van der Waals surface area contributed by atoms with Crippen LogP contribution in [-0.4, -0.2) is 59.5 Å². The SMILES string of the molecule is CC(C)(C)c1cc(NC(=O)CN2CCN(C(=O)C3CC3)CC2)on1. The predicted octanol–water partition coefficient (Wildman–Crippen LogP) is 1.46. The molecule has 1 N–H and O–H groups in total. The van der Waals surface area contributed by atoms with Crippen LogP contribution in [0.3, 0.4) is 0 Å². The third kappa shape index (κ3) is 4.14. The van der Waals surface area contributed by atoms with Crippen LogP contribution < -0.4 is 5.32 Å². The summed E-state index contributed by atoms with van der Waals surface area (Å²) in [4.78, 5) is 28.2. The van der Waals surface area contributed by atoms with E-state index in [4.69, 9.17) is 4.52 Å². The molecule has 1 aliphatic heterocycles. The first kappa shape index (κ1) is 17.0. The number of carbonyl (C=O) groups excluding carboxylic acids is 2. The lowest BCUT2D eigenvalue weighted by molar-refractivity contribution is -0.134. The maximum absolute atomic E-state index is 12.2. The third-order valence-corrected chi connectivity index (χ3v) is 4.52. The molecule has 1 saturated heterocycles. The predicted molar refractivity (Wildman–Crippen MR) is 89.6 cm³/mol. The monoisotopic (exact) mass is 334 g/mol. The highest BCUT2D eigenvalue weighted by Gasteiger charge is 2.34. The van der Waals surface area contributed by atoms with Crippen LogP contribution in [0.25, 0.3) is 0 Å². The minimum absolute atomic E-state index is 0.114. The Kier molecular flexibility index (Phi) is 4.62. The molecule has 24 heavy (non-hydrogen) atoms. The Morgan fingerprint density at radius 1 is 1.25 bits per heavy atom. The van der Waals surface area contributed by atoms with E-state index >= 15 is 0 Å². The van der Waals surface area contributed by atoms with Gasteiger partial charge in [0.05, 0.1) is 12.2 Å². The van der Waals surface area contributed by atoms with Crippen LogP contribution in [0.1, 0.15) is 39.3 Å². The highest BCUT2D eigenvalue weighted by molar-refractivity contribution is 5.91. The number of anilines is 1. The van der Waals surface area contributed by atoms with E-state index < -0.39 is 0 Å². The van der Waals surface area contributed by atoms with Gasteiger partial charge in [0, 0.05) is 43.6 Å². The molecule has 0 unspecified atom stereocenters. The zero-order valence-electron chi connectivity index (χ0n) is 14.7. The summed E-state index contributed by atoms with van der Waals surface area (Å²) in [6.45, 7) is 9.30. The van der Waals surface area contributed by atoms with Crippen LogP contribution in [0.5, 0.6) is 0 Å². The number of nitrogens with zero attached hydrogens (tertiary/aromatic N) is 3. The average molecular weight is 334 g/mol. The molecular weight excluding hydrogens is 308 g/mol. The van der Waals surface area contributed by atoms with Crippen LogP contribution in [-0.2, 0) is 15.0 Å². The fourth-order valence-electron chi connectivity index (χ4n) is 2.78. The van der Waals surface area contributed by atoms with Crippen molar-refractivity contribution < 1.29 is 14.1 Å². The molecule has 1 saturated carbocycles. The van der Waals surface area contributed by atoms with E-state index in [-0.39, 0.29) is 23.1 Å². The van der Waals surface area contributed by atoms with Gasteiger partial charge in [-0.1, -0.05) is 25.9 Å². The smallest absolute Gasteiger partial charge is 0.240 e. The molecule has 132 valence electrons. The van der Waals surface area contributed by atoms with Gasteiger partial charge in [0.15, 0.2) is 0 Å². The molecule has 0 bridgehead atoms. The van der Waals surface area contributed by atoms with E-state index in [0.29, 0.717) is 25.5 Å². The van der Waals surface area contributed by atoms with Crippen molar-refractivity contribution in [2.24, 2.45) is 5.92 Å². The first-order valence-corrected chi connectivity index (χ1v) is 8.61. The number of piperazine rings is 1. The fourth-order valence-corrected chi connectivity index (χ4v) is 2.78. The molecule has 2 fully saturated rings. The summed E-state index contributed by atoms with van der Waals surface area (Å²) < 4.78 is 5.18. The van der Waals surface area contributed by atoms with Crippen molar-refractivity contribution >= 4 is 17.7 Å². The van der Waals surface area contributed by atoms with Gasteiger partial charge in [0.1, 0.15) is 0 Å². The zero-order valence-corrected chi connectivity index (χ0v) is 14.7. The standard InChI is InChI=1S/C17H26N4O3/c1-17(2,3)13-10-15(24-19-13)18-14(22)11-20-6-8-21(9-7-20)16(23)12-4-5-12/h10,12H,4-9,11H2,1-3H3,(H,18,22). The van der Waals surface area contributed by atoms with Crippen LogP contribution >= 0.6 is 0 Å². The maximum Gasteiger partial charge on any atom is 0.240 e. The number of amides is 2. The van der Waals surface area contributed by atoms with E-state index in [1.165, 1.54) is 0 Å². The van der Waals surface area contributed by atoms with E-state index in [9.17, 15) is 9.59 Å². The van der Waals surface area contributed by atoms with Gasteiger partial charge in [-0.15, -0.1) is 0 Å². The second-order valence-electron chi connectivity index (χ2n) is 7.75. The molecule has 2 aliphatic rings. The molecule has 0 atom stereocenters. The number of hydrogen-bond acceptors (Lipinski definition) is 5. The van der Waals surface area contributed by atoms with Crippen molar-refractivity contribution in [2.75, 3.05) is 38.0 Å². The molecule has 0 spiro atoms. The highest BCUT2D eigenvalue weighted by atomic mass is 16.5. The van der Waals surface area contributed by atoms with Gasteiger partial charge >= 0.3 is 0 Å². The van der Waals surface area contributed by atoms with E-state index in [1.807, 2.05) is 25.7 Å². The van der Waals surface area contributed by atoms with Crippen LogP contribution in [0.2, 0.25) is 0 Å². The van der Waals surface area contributed by atoms with Crippen LogP contribution in [0.4, 0.5) is 5.88 Å². The average Bonchev–Trinajstić information content (AvgIpc) is 3.25. The summed E-state index contributed by atoms with van der Waals surface area (Å²) in [6, 6.07) is 1.77. The van der Waals surface area contributed by atoms with Gasteiger partial charge in [0.2, 0.25) is 17.7 Å². The Hall–Kier alpha value is -1.89. The van der Waals surface area contributed by atoms with Crippen molar-refractivity contribution in [1.82, 2.24) is 15.0 Å². The largest absolute Gasteiger partial charge is 0.340 e. The number of nitrogens with one attached hydrogen (secondary N) is 1. The zero-order chi connectivity index (χ0) is 17.3. The lowest BCUT2D eigenvalue weighted by Gasteiger charge is -2.34.